The van der Waals surface area contributed by atoms with Crippen LogP contribution in [-0.4, -0.2) is 16.8 Å². The van der Waals surface area contributed by atoms with Gasteiger partial charge in [0.2, 0.25) is 0 Å². The smallest absolute Gasteiger partial charge is 0.124 e. The topological polar surface area (TPSA) is 29.9 Å². The second-order valence-corrected chi connectivity index (χ2v) is 5.17. The van der Waals surface area contributed by atoms with Crippen LogP contribution in [0.25, 0.3) is 0 Å². The molecule has 1 atom stereocenters. The molecule has 1 N–H and O–H groups in total. The SMILES string of the molecule is CNC(C)c1cnn(Cc2cc(F)cc(Br)c2)c1. The first-order valence-electron chi connectivity index (χ1n) is 5.73. The average molecular weight is 312 g/mol. The van der Waals surface area contributed by atoms with E-state index < -0.39 is 0 Å². The lowest BCUT2D eigenvalue weighted by Gasteiger charge is -2.06. The van der Waals surface area contributed by atoms with Gasteiger partial charge in [0.1, 0.15) is 5.82 Å². The number of hydrogen-bond acceptors (Lipinski definition) is 2. The number of nitrogens with zero attached hydrogens (tertiary/aromatic N) is 2. The number of halogens is 2. The average Bonchev–Trinajstić information content (AvgIpc) is 2.75. The summed E-state index contributed by atoms with van der Waals surface area (Å²) in [7, 11) is 1.91. The Balaban J connectivity index is 2.16. The van der Waals surface area contributed by atoms with Crippen molar-refractivity contribution in [3.63, 3.8) is 0 Å². The van der Waals surface area contributed by atoms with Gasteiger partial charge < -0.3 is 5.32 Å². The van der Waals surface area contributed by atoms with Crippen molar-refractivity contribution in [1.82, 2.24) is 15.1 Å². The molecule has 0 aliphatic heterocycles. The number of benzene rings is 1. The Morgan fingerprint density at radius 2 is 2.22 bits per heavy atom. The van der Waals surface area contributed by atoms with Crippen LogP contribution in [0.3, 0.4) is 0 Å². The Hall–Kier alpha value is -1.20. The molecule has 0 fully saturated rings. The van der Waals surface area contributed by atoms with Gasteiger partial charge in [-0.15, -0.1) is 0 Å². The van der Waals surface area contributed by atoms with Gasteiger partial charge in [0.25, 0.3) is 0 Å². The second-order valence-electron chi connectivity index (χ2n) is 4.26. The molecule has 96 valence electrons. The maximum atomic E-state index is 13.2. The summed E-state index contributed by atoms with van der Waals surface area (Å²) in [6.45, 7) is 2.63. The summed E-state index contributed by atoms with van der Waals surface area (Å²) in [5.41, 5.74) is 2.00. The molecule has 1 heterocycles. The van der Waals surface area contributed by atoms with Crippen molar-refractivity contribution in [2.45, 2.75) is 19.5 Å². The standard InChI is InChI=1S/C13H15BrFN3/c1-9(16-2)11-6-17-18(8-11)7-10-3-12(14)5-13(15)4-10/h3-6,8-9,16H,7H2,1-2H3. The molecular weight excluding hydrogens is 297 g/mol. The van der Waals surface area contributed by atoms with Crippen LogP contribution < -0.4 is 5.32 Å². The molecule has 2 aromatic rings. The van der Waals surface area contributed by atoms with E-state index in [-0.39, 0.29) is 11.9 Å². The van der Waals surface area contributed by atoms with Crippen molar-refractivity contribution in [2.24, 2.45) is 0 Å². The van der Waals surface area contributed by atoms with E-state index >= 15 is 0 Å². The highest BCUT2D eigenvalue weighted by Crippen LogP contribution is 2.16. The Morgan fingerprint density at radius 1 is 1.44 bits per heavy atom. The molecule has 3 nitrogen and oxygen atoms in total. The molecule has 0 aliphatic rings. The number of aromatic nitrogens is 2. The van der Waals surface area contributed by atoms with Crippen LogP contribution in [0.15, 0.2) is 35.1 Å². The van der Waals surface area contributed by atoms with E-state index in [1.54, 1.807) is 0 Å². The molecule has 5 heteroatoms. The predicted octanol–water partition coefficient (Wildman–Crippen LogP) is 3.11. The van der Waals surface area contributed by atoms with Crippen molar-refractivity contribution >= 4 is 15.9 Å². The van der Waals surface area contributed by atoms with Crippen molar-refractivity contribution in [2.75, 3.05) is 7.05 Å². The van der Waals surface area contributed by atoms with Gasteiger partial charge in [-0.1, -0.05) is 15.9 Å². The van der Waals surface area contributed by atoms with Gasteiger partial charge in [-0.3, -0.25) is 4.68 Å². The zero-order chi connectivity index (χ0) is 13.1. The first kappa shape index (κ1) is 13.2. The summed E-state index contributed by atoms with van der Waals surface area (Å²) in [5.74, 6) is -0.240. The van der Waals surface area contributed by atoms with E-state index in [0.717, 1.165) is 15.6 Å². The second kappa shape index (κ2) is 5.63. The summed E-state index contributed by atoms with van der Waals surface area (Å²) >= 11 is 3.29. The molecule has 18 heavy (non-hydrogen) atoms. The fourth-order valence-electron chi connectivity index (χ4n) is 1.75. The molecule has 0 spiro atoms. The number of rotatable bonds is 4. The quantitative estimate of drug-likeness (QED) is 0.940. The van der Waals surface area contributed by atoms with Crippen LogP contribution in [-0.2, 0) is 6.54 Å². The summed E-state index contributed by atoms with van der Waals surface area (Å²) in [6, 6.07) is 5.12. The molecule has 0 saturated heterocycles. The van der Waals surface area contributed by atoms with Crippen LogP contribution in [0.5, 0.6) is 0 Å². The molecule has 1 unspecified atom stereocenters. The summed E-state index contributed by atoms with van der Waals surface area (Å²) in [6.07, 6.45) is 3.80. The Labute approximate surface area is 114 Å². The fraction of sp³-hybridized carbons (Fsp3) is 0.308. The van der Waals surface area contributed by atoms with Gasteiger partial charge in [-0.25, -0.2) is 4.39 Å². The minimum atomic E-state index is -0.240. The third-order valence-electron chi connectivity index (χ3n) is 2.85. The van der Waals surface area contributed by atoms with Gasteiger partial charge in [-0.05, 0) is 37.7 Å². The van der Waals surface area contributed by atoms with Gasteiger partial charge in [0, 0.05) is 22.3 Å². The molecule has 0 aliphatic carbocycles. The highest BCUT2D eigenvalue weighted by molar-refractivity contribution is 9.10. The lowest BCUT2D eigenvalue weighted by molar-refractivity contribution is 0.617. The highest BCUT2D eigenvalue weighted by Gasteiger charge is 2.06. The number of hydrogen-bond donors (Lipinski definition) is 1. The van der Waals surface area contributed by atoms with E-state index in [9.17, 15) is 4.39 Å². The van der Waals surface area contributed by atoms with Crippen molar-refractivity contribution in [3.05, 3.63) is 52.0 Å². The van der Waals surface area contributed by atoms with Crippen LogP contribution in [0, 0.1) is 5.82 Å². The van der Waals surface area contributed by atoms with E-state index in [4.69, 9.17) is 0 Å². The molecule has 1 aromatic heterocycles. The third kappa shape index (κ3) is 3.17. The van der Waals surface area contributed by atoms with Gasteiger partial charge in [0.15, 0.2) is 0 Å². The van der Waals surface area contributed by atoms with Crippen molar-refractivity contribution < 1.29 is 4.39 Å². The zero-order valence-corrected chi connectivity index (χ0v) is 11.9. The predicted molar refractivity (Wildman–Crippen MR) is 72.9 cm³/mol. The third-order valence-corrected chi connectivity index (χ3v) is 3.31. The molecule has 1 aromatic carbocycles. The molecular formula is C13H15BrFN3. The Morgan fingerprint density at radius 3 is 2.89 bits per heavy atom. The first-order chi connectivity index (χ1) is 8.58. The van der Waals surface area contributed by atoms with Gasteiger partial charge in [0.05, 0.1) is 12.7 Å². The maximum absolute atomic E-state index is 13.2. The van der Waals surface area contributed by atoms with Gasteiger partial charge in [-0.2, -0.15) is 5.10 Å². The van der Waals surface area contributed by atoms with Crippen LogP contribution >= 0.6 is 15.9 Å². The Kier molecular flexibility index (Phi) is 4.14. The largest absolute Gasteiger partial charge is 0.313 e. The molecule has 0 radical (unpaired) electrons. The first-order valence-corrected chi connectivity index (χ1v) is 6.52. The van der Waals surface area contributed by atoms with Crippen LogP contribution in [0.2, 0.25) is 0 Å². The van der Waals surface area contributed by atoms with Crippen molar-refractivity contribution in [1.29, 1.82) is 0 Å². The fourth-order valence-corrected chi connectivity index (χ4v) is 2.26. The van der Waals surface area contributed by atoms with E-state index in [1.807, 2.05) is 30.2 Å². The van der Waals surface area contributed by atoms with Crippen LogP contribution in [0.1, 0.15) is 24.1 Å². The monoisotopic (exact) mass is 311 g/mol. The summed E-state index contributed by atoms with van der Waals surface area (Å²) in [5, 5.41) is 7.43. The normalized spacial score (nSPS) is 12.7. The minimum absolute atomic E-state index is 0.240. The lowest BCUT2D eigenvalue weighted by Crippen LogP contribution is -2.11. The zero-order valence-electron chi connectivity index (χ0n) is 10.3. The minimum Gasteiger partial charge on any atom is -0.313 e. The molecule has 0 bridgehead atoms. The van der Waals surface area contributed by atoms with E-state index in [0.29, 0.717) is 6.54 Å². The van der Waals surface area contributed by atoms with E-state index in [2.05, 4.69) is 33.3 Å². The molecule has 0 amide bonds. The van der Waals surface area contributed by atoms with Crippen LogP contribution in [0.4, 0.5) is 4.39 Å². The van der Waals surface area contributed by atoms with Gasteiger partial charge >= 0.3 is 0 Å². The van der Waals surface area contributed by atoms with Crippen molar-refractivity contribution in [3.8, 4) is 0 Å². The molecule has 2 rings (SSSR count). The van der Waals surface area contributed by atoms with E-state index in [1.165, 1.54) is 12.1 Å². The number of nitrogens with one attached hydrogen (secondary N) is 1. The highest BCUT2D eigenvalue weighted by atomic mass is 79.9. The summed E-state index contributed by atoms with van der Waals surface area (Å²) < 4.78 is 15.8. The Bertz CT molecular complexity index is 519. The lowest BCUT2D eigenvalue weighted by atomic mass is 10.2. The molecule has 0 saturated carbocycles. The maximum Gasteiger partial charge on any atom is 0.124 e. The summed E-state index contributed by atoms with van der Waals surface area (Å²) in [4.78, 5) is 0.